The minimum atomic E-state index is -0.297. The van der Waals surface area contributed by atoms with Crippen molar-refractivity contribution in [2.24, 2.45) is 0 Å². The zero-order chi connectivity index (χ0) is 20.1. The first-order chi connectivity index (χ1) is 13.2. The van der Waals surface area contributed by atoms with Crippen molar-refractivity contribution in [1.82, 2.24) is 19.7 Å². The molecule has 1 aromatic carbocycles. The van der Waals surface area contributed by atoms with Crippen LogP contribution in [0.1, 0.15) is 39.4 Å². The Kier molecular flexibility index (Phi) is 4.45. The van der Waals surface area contributed by atoms with Gasteiger partial charge in [-0.3, -0.25) is 9.78 Å². The summed E-state index contributed by atoms with van der Waals surface area (Å²) in [6.07, 6.45) is 1.25. The minimum Gasteiger partial charge on any atom is -0.367 e. The maximum atomic E-state index is 13.3. The van der Waals surface area contributed by atoms with Gasteiger partial charge in [0.1, 0.15) is 17.3 Å². The Morgan fingerprint density at radius 3 is 2.61 bits per heavy atom. The Bertz CT molecular complexity index is 1050. The first-order valence-electron chi connectivity index (χ1n) is 9.37. The van der Waals surface area contributed by atoms with E-state index in [1.807, 2.05) is 32.6 Å². The number of anilines is 1. The number of ether oxygens (including phenoxy) is 1. The average molecular weight is 385 g/mol. The number of morpholine rings is 1. The summed E-state index contributed by atoms with van der Waals surface area (Å²) in [5.41, 5.74) is 0.937. The summed E-state index contributed by atoms with van der Waals surface area (Å²) < 4.78 is 21.1. The fraction of sp³-hybridized carbons (Fsp3) is 0.450. The number of benzene rings is 1. The van der Waals surface area contributed by atoms with E-state index in [0.717, 1.165) is 5.56 Å². The van der Waals surface area contributed by atoms with Crippen LogP contribution in [0.4, 0.5) is 10.3 Å². The van der Waals surface area contributed by atoms with Gasteiger partial charge in [-0.05, 0) is 45.4 Å². The maximum Gasteiger partial charge on any atom is 0.263 e. The molecule has 2 aromatic heterocycles. The second-order valence-electron chi connectivity index (χ2n) is 8.25. The molecular formula is C20H24FN5O2. The van der Waals surface area contributed by atoms with E-state index in [0.29, 0.717) is 30.1 Å². The maximum absolute atomic E-state index is 13.3. The lowest BCUT2D eigenvalue weighted by Crippen LogP contribution is -2.44. The molecule has 2 unspecified atom stereocenters. The van der Waals surface area contributed by atoms with Crippen LogP contribution in [-0.4, -0.2) is 38.9 Å². The number of nitrogens with one attached hydrogen (secondary N) is 1. The molecule has 0 radical (unpaired) electrons. The molecule has 0 bridgehead atoms. The van der Waals surface area contributed by atoms with Crippen molar-refractivity contribution in [2.45, 2.75) is 45.4 Å². The van der Waals surface area contributed by atoms with E-state index in [4.69, 9.17) is 9.72 Å². The van der Waals surface area contributed by atoms with Gasteiger partial charge in [0.05, 0.1) is 24.4 Å². The van der Waals surface area contributed by atoms with Crippen molar-refractivity contribution in [1.29, 1.82) is 0 Å². The van der Waals surface area contributed by atoms with Crippen LogP contribution in [0, 0.1) is 5.82 Å². The third-order valence-electron chi connectivity index (χ3n) is 4.86. The highest BCUT2D eigenvalue weighted by atomic mass is 19.1. The van der Waals surface area contributed by atoms with E-state index in [9.17, 15) is 9.18 Å². The largest absolute Gasteiger partial charge is 0.367 e. The number of nitrogens with zero attached hydrogens (tertiary/aromatic N) is 4. The van der Waals surface area contributed by atoms with E-state index in [1.165, 1.54) is 12.1 Å². The Morgan fingerprint density at radius 2 is 1.93 bits per heavy atom. The fourth-order valence-corrected chi connectivity index (χ4v) is 3.53. The quantitative estimate of drug-likeness (QED) is 0.734. The van der Waals surface area contributed by atoms with Crippen molar-refractivity contribution in [2.75, 3.05) is 18.0 Å². The third kappa shape index (κ3) is 3.40. The number of H-pyrrole nitrogens is 1. The van der Waals surface area contributed by atoms with Crippen molar-refractivity contribution < 1.29 is 9.13 Å². The molecule has 28 heavy (non-hydrogen) atoms. The Balaban J connectivity index is 1.72. The van der Waals surface area contributed by atoms with E-state index in [1.54, 1.807) is 23.0 Å². The van der Waals surface area contributed by atoms with Gasteiger partial charge in [0.25, 0.3) is 5.56 Å². The van der Waals surface area contributed by atoms with Gasteiger partial charge in [0.15, 0.2) is 5.65 Å². The first kappa shape index (κ1) is 18.6. The van der Waals surface area contributed by atoms with Crippen LogP contribution in [0.5, 0.6) is 0 Å². The molecule has 7 nitrogen and oxygen atoms in total. The summed E-state index contributed by atoms with van der Waals surface area (Å²) >= 11 is 0. The van der Waals surface area contributed by atoms with E-state index >= 15 is 0 Å². The number of fused-ring (bicyclic) bond motifs is 1. The van der Waals surface area contributed by atoms with Crippen molar-refractivity contribution in [3.63, 3.8) is 0 Å². The Morgan fingerprint density at radius 1 is 1.21 bits per heavy atom. The van der Waals surface area contributed by atoms with E-state index in [-0.39, 0.29) is 29.1 Å². The minimum absolute atomic E-state index is 0.0719. The van der Waals surface area contributed by atoms with Crippen molar-refractivity contribution in [3.8, 4) is 0 Å². The van der Waals surface area contributed by atoms with Gasteiger partial charge < -0.3 is 9.64 Å². The number of hydrogen-bond donors (Lipinski definition) is 1. The number of rotatable bonds is 2. The fourth-order valence-electron chi connectivity index (χ4n) is 3.53. The molecule has 2 atom stereocenters. The highest BCUT2D eigenvalue weighted by molar-refractivity contribution is 5.74. The summed E-state index contributed by atoms with van der Waals surface area (Å²) in [7, 11) is 0. The summed E-state index contributed by atoms with van der Waals surface area (Å²) in [6, 6.07) is 6.31. The molecule has 1 fully saturated rings. The number of hydrogen-bond acceptors (Lipinski definition) is 5. The molecule has 0 aliphatic carbocycles. The lowest BCUT2D eigenvalue weighted by atomic mass is 10.1. The smallest absolute Gasteiger partial charge is 0.263 e. The second-order valence-corrected chi connectivity index (χ2v) is 8.25. The molecule has 0 spiro atoms. The van der Waals surface area contributed by atoms with Crippen molar-refractivity contribution in [3.05, 3.63) is 52.2 Å². The van der Waals surface area contributed by atoms with Crippen molar-refractivity contribution >= 4 is 17.0 Å². The molecule has 1 aliphatic rings. The molecule has 0 saturated carbocycles. The summed E-state index contributed by atoms with van der Waals surface area (Å²) in [5.74, 6) is 0.210. The molecule has 4 rings (SSSR count). The van der Waals surface area contributed by atoms with Gasteiger partial charge in [-0.2, -0.15) is 10.1 Å². The van der Waals surface area contributed by atoms with Gasteiger partial charge >= 0.3 is 0 Å². The number of halogens is 1. The van der Waals surface area contributed by atoms with Gasteiger partial charge in [0, 0.05) is 6.54 Å². The molecule has 0 amide bonds. The van der Waals surface area contributed by atoms with Gasteiger partial charge in [0.2, 0.25) is 5.95 Å². The van der Waals surface area contributed by atoms with Crippen LogP contribution >= 0.6 is 0 Å². The standard InChI is InChI=1S/C20H24FN5O2/c1-12-10-25(11-16(28-12)13-5-7-14(21)8-6-13)19-23-17-15(18(27)24-19)9-22-26(17)20(2,3)4/h5-9,12,16H,10-11H2,1-4H3,(H,23,24,27). The Labute approximate surface area is 162 Å². The highest BCUT2D eigenvalue weighted by Gasteiger charge is 2.29. The van der Waals surface area contributed by atoms with Gasteiger partial charge in [-0.1, -0.05) is 12.1 Å². The zero-order valence-electron chi connectivity index (χ0n) is 16.4. The summed E-state index contributed by atoms with van der Waals surface area (Å²) in [4.78, 5) is 22.2. The lowest BCUT2D eigenvalue weighted by Gasteiger charge is -2.37. The van der Waals surface area contributed by atoms with Crippen LogP contribution in [0.25, 0.3) is 11.0 Å². The van der Waals surface area contributed by atoms with Crippen LogP contribution in [-0.2, 0) is 10.3 Å². The van der Waals surface area contributed by atoms with E-state index in [2.05, 4.69) is 10.1 Å². The predicted molar refractivity (Wildman–Crippen MR) is 105 cm³/mol. The summed E-state index contributed by atoms with van der Waals surface area (Å²) in [5, 5.41) is 4.82. The molecule has 148 valence electrons. The van der Waals surface area contributed by atoms with Crippen LogP contribution in [0.15, 0.2) is 35.3 Å². The molecule has 1 N–H and O–H groups in total. The number of aromatic nitrogens is 4. The monoisotopic (exact) mass is 385 g/mol. The lowest BCUT2D eigenvalue weighted by molar-refractivity contribution is -0.0178. The van der Waals surface area contributed by atoms with Gasteiger partial charge in [-0.15, -0.1) is 0 Å². The third-order valence-corrected chi connectivity index (χ3v) is 4.86. The SMILES string of the molecule is CC1CN(c2nc3c(cnn3C(C)(C)C)c(=O)[nH]2)CC(c2ccc(F)cc2)O1. The Hall–Kier alpha value is -2.74. The summed E-state index contributed by atoms with van der Waals surface area (Å²) in [6.45, 7) is 9.12. The molecule has 1 aliphatic heterocycles. The zero-order valence-corrected chi connectivity index (χ0v) is 16.4. The normalized spacial score (nSPS) is 20.7. The predicted octanol–water partition coefficient (Wildman–Crippen LogP) is 2.98. The second kappa shape index (κ2) is 6.70. The molecule has 8 heteroatoms. The molecule has 1 saturated heterocycles. The van der Waals surface area contributed by atoms with Crippen LogP contribution in [0.3, 0.4) is 0 Å². The molecule has 3 aromatic rings. The van der Waals surface area contributed by atoms with Crippen LogP contribution < -0.4 is 10.5 Å². The molecular weight excluding hydrogens is 361 g/mol. The molecule has 3 heterocycles. The van der Waals surface area contributed by atoms with E-state index < -0.39 is 0 Å². The number of aromatic amines is 1. The average Bonchev–Trinajstić information content (AvgIpc) is 3.07. The first-order valence-corrected chi connectivity index (χ1v) is 9.37. The topological polar surface area (TPSA) is 76.0 Å². The van der Waals surface area contributed by atoms with Gasteiger partial charge in [-0.25, -0.2) is 9.07 Å². The van der Waals surface area contributed by atoms with Crippen LogP contribution in [0.2, 0.25) is 0 Å². The highest BCUT2D eigenvalue weighted by Crippen LogP contribution is 2.28.